The Hall–Kier alpha value is -2.34. The van der Waals surface area contributed by atoms with Crippen LogP contribution in [-0.2, 0) is 0 Å². The Morgan fingerprint density at radius 1 is 1.21 bits per heavy atom. The third-order valence-corrected chi connectivity index (χ3v) is 2.39. The van der Waals surface area contributed by atoms with E-state index in [4.69, 9.17) is 18.0 Å². The van der Waals surface area contributed by atoms with E-state index in [-0.39, 0.29) is 10.9 Å². The molecule has 0 saturated carbocycles. The van der Waals surface area contributed by atoms with Crippen LogP contribution in [0.2, 0.25) is 0 Å². The zero-order chi connectivity index (χ0) is 13.7. The Morgan fingerprint density at radius 2 is 1.95 bits per heavy atom. The Labute approximate surface area is 115 Å². The quantitative estimate of drug-likeness (QED) is 0.509. The van der Waals surface area contributed by atoms with Crippen molar-refractivity contribution in [2.24, 2.45) is 10.8 Å². The van der Waals surface area contributed by atoms with E-state index in [1.54, 1.807) is 30.5 Å². The van der Waals surface area contributed by atoms with Crippen LogP contribution in [0, 0.1) is 5.82 Å². The largest absolute Gasteiger partial charge is 0.375 e. The standard InChI is InChI=1S/C13H11FN4S/c14-10-6-4-9(5-7-10)12(17-18-13(15)19)11-3-1-2-8-16-11/h1-8H,(H3,15,18,19)/b17-12+. The summed E-state index contributed by atoms with van der Waals surface area (Å²) in [4.78, 5) is 4.21. The molecule has 0 fully saturated rings. The van der Waals surface area contributed by atoms with E-state index in [9.17, 15) is 4.39 Å². The van der Waals surface area contributed by atoms with Crippen molar-refractivity contribution in [3.8, 4) is 0 Å². The number of thiocarbonyl (C=S) groups is 1. The maximum absolute atomic E-state index is 13.0. The van der Waals surface area contributed by atoms with Gasteiger partial charge in [-0.25, -0.2) is 4.39 Å². The molecule has 96 valence electrons. The Bertz CT molecular complexity index is 596. The maximum Gasteiger partial charge on any atom is 0.184 e. The van der Waals surface area contributed by atoms with Gasteiger partial charge in [-0.05, 0) is 48.6 Å². The van der Waals surface area contributed by atoms with E-state index >= 15 is 0 Å². The van der Waals surface area contributed by atoms with Gasteiger partial charge in [-0.1, -0.05) is 6.07 Å². The molecule has 0 atom stereocenters. The zero-order valence-corrected chi connectivity index (χ0v) is 10.7. The fourth-order valence-corrected chi connectivity index (χ4v) is 1.54. The van der Waals surface area contributed by atoms with Gasteiger partial charge in [0.15, 0.2) is 5.11 Å². The third kappa shape index (κ3) is 3.56. The summed E-state index contributed by atoms with van der Waals surface area (Å²) in [5, 5.41) is 4.16. The van der Waals surface area contributed by atoms with E-state index in [0.717, 1.165) is 0 Å². The number of pyridine rings is 1. The van der Waals surface area contributed by atoms with Gasteiger partial charge < -0.3 is 5.73 Å². The fourth-order valence-electron chi connectivity index (χ4n) is 1.49. The van der Waals surface area contributed by atoms with Crippen molar-refractivity contribution < 1.29 is 4.39 Å². The lowest BCUT2D eigenvalue weighted by molar-refractivity contribution is 0.628. The summed E-state index contributed by atoms with van der Waals surface area (Å²) in [5.74, 6) is -0.313. The number of nitrogens with two attached hydrogens (primary N) is 1. The summed E-state index contributed by atoms with van der Waals surface area (Å²) in [7, 11) is 0. The van der Waals surface area contributed by atoms with Gasteiger partial charge in [0.25, 0.3) is 0 Å². The number of hydrazone groups is 1. The number of halogens is 1. The molecule has 1 heterocycles. The highest BCUT2D eigenvalue weighted by atomic mass is 32.1. The lowest BCUT2D eigenvalue weighted by atomic mass is 10.1. The van der Waals surface area contributed by atoms with Crippen molar-refractivity contribution in [2.75, 3.05) is 0 Å². The fraction of sp³-hybridized carbons (Fsp3) is 0. The van der Waals surface area contributed by atoms with Gasteiger partial charge in [0.05, 0.1) is 5.69 Å². The van der Waals surface area contributed by atoms with E-state index in [1.807, 2.05) is 6.07 Å². The molecule has 0 radical (unpaired) electrons. The molecule has 1 aromatic carbocycles. The first-order valence-corrected chi connectivity index (χ1v) is 5.88. The topological polar surface area (TPSA) is 63.3 Å². The van der Waals surface area contributed by atoms with Gasteiger partial charge in [0, 0.05) is 11.8 Å². The molecule has 0 aliphatic carbocycles. The van der Waals surface area contributed by atoms with Gasteiger partial charge in [-0.3, -0.25) is 10.4 Å². The first kappa shape index (κ1) is 13.1. The highest BCUT2D eigenvalue weighted by Crippen LogP contribution is 2.09. The molecule has 0 spiro atoms. The number of hydrogen-bond donors (Lipinski definition) is 2. The lowest BCUT2D eigenvalue weighted by Crippen LogP contribution is -2.26. The molecule has 0 unspecified atom stereocenters. The van der Waals surface area contributed by atoms with Crippen LogP contribution in [0.25, 0.3) is 0 Å². The zero-order valence-electron chi connectivity index (χ0n) is 9.88. The summed E-state index contributed by atoms with van der Waals surface area (Å²) in [6.07, 6.45) is 1.65. The minimum absolute atomic E-state index is 0.0514. The van der Waals surface area contributed by atoms with Crippen molar-refractivity contribution in [2.45, 2.75) is 0 Å². The second-order valence-electron chi connectivity index (χ2n) is 3.66. The molecular formula is C13H11FN4S. The third-order valence-electron chi connectivity index (χ3n) is 2.30. The van der Waals surface area contributed by atoms with Crippen molar-refractivity contribution in [3.63, 3.8) is 0 Å². The van der Waals surface area contributed by atoms with Crippen LogP contribution < -0.4 is 11.2 Å². The maximum atomic E-state index is 13.0. The first-order chi connectivity index (χ1) is 9.16. The average molecular weight is 274 g/mol. The van der Waals surface area contributed by atoms with Crippen LogP contribution in [0.5, 0.6) is 0 Å². The van der Waals surface area contributed by atoms with Gasteiger partial charge in [0.2, 0.25) is 0 Å². The van der Waals surface area contributed by atoms with Crippen molar-refractivity contribution in [1.82, 2.24) is 10.4 Å². The molecule has 3 N–H and O–H groups in total. The van der Waals surface area contributed by atoms with E-state index in [0.29, 0.717) is 17.0 Å². The molecule has 2 aromatic rings. The van der Waals surface area contributed by atoms with Crippen LogP contribution in [0.4, 0.5) is 4.39 Å². The molecule has 1 aromatic heterocycles. The first-order valence-electron chi connectivity index (χ1n) is 5.47. The Morgan fingerprint density at radius 3 is 2.53 bits per heavy atom. The van der Waals surface area contributed by atoms with Crippen LogP contribution in [0.1, 0.15) is 11.3 Å². The molecule has 6 heteroatoms. The van der Waals surface area contributed by atoms with Gasteiger partial charge in [-0.2, -0.15) is 5.10 Å². The van der Waals surface area contributed by atoms with E-state index in [1.165, 1.54) is 12.1 Å². The van der Waals surface area contributed by atoms with Crippen molar-refractivity contribution in [1.29, 1.82) is 0 Å². The molecule has 0 aliphatic heterocycles. The molecule has 4 nitrogen and oxygen atoms in total. The number of hydrogen-bond acceptors (Lipinski definition) is 3. The normalized spacial score (nSPS) is 11.1. The average Bonchev–Trinajstić information content (AvgIpc) is 2.42. The minimum Gasteiger partial charge on any atom is -0.375 e. The smallest absolute Gasteiger partial charge is 0.184 e. The summed E-state index contributed by atoms with van der Waals surface area (Å²) >= 11 is 4.71. The molecule has 0 aliphatic rings. The molecule has 0 bridgehead atoms. The number of nitrogens with one attached hydrogen (secondary N) is 1. The second kappa shape index (κ2) is 6.01. The molecule has 2 rings (SSSR count). The van der Waals surface area contributed by atoms with Crippen LogP contribution in [0.3, 0.4) is 0 Å². The number of aromatic nitrogens is 1. The number of nitrogens with zero attached hydrogens (tertiary/aromatic N) is 2. The molecule has 0 amide bonds. The number of benzene rings is 1. The summed E-state index contributed by atoms with van der Waals surface area (Å²) < 4.78 is 13.0. The SMILES string of the molecule is NC(=S)N/N=C(\c1ccc(F)cc1)c1ccccn1. The summed E-state index contributed by atoms with van der Waals surface area (Å²) in [6, 6.07) is 11.4. The van der Waals surface area contributed by atoms with Gasteiger partial charge >= 0.3 is 0 Å². The Balaban J connectivity index is 2.43. The monoisotopic (exact) mass is 274 g/mol. The van der Waals surface area contributed by atoms with E-state index in [2.05, 4.69) is 15.5 Å². The van der Waals surface area contributed by atoms with Crippen LogP contribution in [-0.4, -0.2) is 15.8 Å². The van der Waals surface area contributed by atoms with E-state index < -0.39 is 0 Å². The summed E-state index contributed by atoms with van der Waals surface area (Å²) in [6.45, 7) is 0. The van der Waals surface area contributed by atoms with Gasteiger partial charge in [-0.15, -0.1) is 0 Å². The van der Waals surface area contributed by atoms with Crippen molar-refractivity contribution in [3.05, 3.63) is 65.7 Å². The van der Waals surface area contributed by atoms with Crippen LogP contribution in [0.15, 0.2) is 53.8 Å². The van der Waals surface area contributed by atoms with Crippen LogP contribution >= 0.6 is 12.2 Å². The molecule has 19 heavy (non-hydrogen) atoms. The highest BCUT2D eigenvalue weighted by Gasteiger charge is 2.08. The molecule has 0 saturated heterocycles. The highest BCUT2D eigenvalue weighted by molar-refractivity contribution is 7.80. The predicted octanol–water partition coefficient (Wildman–Crippen LogP) is 1.81. The predicted molar refractivity (Wildman–Crippen MR) is 76.2 cm³/mol. The number of rotatable bonds is 3. The second-order valence-corrected chi connectivity index (χ2v) is 4.10. The molecular weight excluding hydrogens is 263 g/mol. The van der Waals surface area contributed by atoms with Gasteiger partial charge in [0.1, 0.15) is 11.5 Å². The van der Waals surface area contributed by atoms with Crippen molar-refractivity contribution >= 4 is 23.0 Å². The minimum atomic E-state index is -0.313. The summed E-state index contributed by atoms with van der Waals surface area (Å²) in [5.41, 5.74) is 9.76. The Kier molecular flexibility index (Phi) is 4.15. The lowest BCUT2D eigenvalue weighted by Gasteiger charge is -2.06.